The molecule has 4 rings (SSSR count). The van der Waals surface area contributed by atoms with Crippen molar-refractivity contribution in [1.82, 2.24) is 10.3 Å². The van der Waals surface area contributed by atoms with Gasteiger partial charge in [0.05, 0.1) is 23.8 Å². The molecule has 1 aromatic heterocycles. The average molecular weight is 567 g/mol. The van der Waals surface area contributed by atoms with E-state index in [1.807, 2.05) is 0 Å². The normalized spacial score (nSPS) is 11.9. The summed E-state index contributed by atoms with van der Waals surface area (Å²) in [4.78, 5) is 28.8. The van der Waals surface area contributed by atoms with E-state index in [1.54, 1.807) is 18.2 Å². The molecule has 3 aromatic carbocycles. The lowest BCUT2D eigenvalue weighted by molar-refractivity contribution is -0.120. The van der Waals surface area contributed by atoms with Crippen molar-refractivity contribution in [2.45, 2.75) is 18.6 Å². The third-order valence-electron chi connectivity index (χ3n) is 6.19. The Morgan fingerprint density at radius 3 is 2.49 bits per heavy atom. The molecule has 6 nitrogen and oxygen atoms in total. The highest BCUT2D eigenvalue weighted by Crippen LogP contribution is 2.30. The number of rotatable bonds is 10. The lowest BCUT2D eigenvalue weighted by atomic mass is 9.94. The molecule has 4 aromatic rings. The van der Waals surface area contributed by atoms with E-state index < -0.39 is 47.6 Å². The molecule has 1 amide bonds. The summed E-state index contributed by atoms with van der Waals surface area (Å²) in [6.07, 6.45) is -2.94. The van der Waals surface area contributed by atoms with Crippen LogP contribution >= 0.6 is 0 Å². The number of benzene rings is 3. The Bertz CT molecular complexity index is 1590. The molecule has 0 aliphatic carbocycles. The van der Waals surface area contributed by atoms with Crippen molar-refractivity contribution < 1.29 is 31.5 Å². The van der Waals surface area contributed by atoms with Gasteiger partial charge in [-0.05, 0) is 53.9 Å². The molecule has 11 heteroatoms. The number of aromatic nitrogens is 1. The van der Waals surface area contributed by atoms with Gasteiger partial charge in [-0.15, -0.1) is 0 Å². The van der Waals surface area contributed by atoms with E-state index in [2.05, 4.69) is 15.6 Å². The second kappa shape index (κ2) is 12.5. The zero-order valence-corrected chi connectivity index (χ0v) is 21.3. The molecule has 0 spiro atoms. The SMILES string of the molecule is N=C(c1ccccc1NCC(=O)NC(Cc1cccc(F)c1)c1ncccc1-c1ccc(F)c(C=O)c1)C(F)(F)F. The second-order valence-electron chi connectivity index (χ2n) is 9.02. The number of amides is 1. The Morgan fingerprint density at radius 2 is 1.76 bits per heavy atom. The van der Waals surface area contributed by atoms with Crippen molar-refractivity contribution in [1.29, 1.82) is 5.41 Å². The summed E-state index contributed by atoms with van der Waals surface area (Å²) in [7, 11) is 0. The average Bonchev–Trinajstić information content (AvgIpc) is 2.95. The molecule has 0 radical (unpaired) electrons. The predicted molar refractivity (Wildman–Crippen MR) is 144 cm³/mol. The third kappa shape index (κ3) is 7.18. The van der Waals surface area contributed by atoms with E-state index in [1.165, 1.54) is 54.7 Å². The van der Waals surface area contributed by atoms with Gasteiger partial charge in [0, 0.05) is 23.0 Å². The number of alkyl halides is 3. The Morgan fingerprint density at radius 1 is 0.976 bits per heavy atom. The van der Waals surface area contributed by atoms with Crippen LogP contribution in [0.25, 0.3) is 11.1 Å². The minimum absolute atomic E-state index is 0.0575. The van der Waals surface area contributed by atoms with Crippen molar-refractivity contribution in [2.24, 2.45) is 0 Å². The van der Waals surface area contributed by atoms with Gasteiger partial charge in [-0.25, -0.2) is 8.78 Å². The summed E-state index contributed by atoms with van der Waals surface area (Å²) >= 11 is 0. The molecule has 1 heterocycles. The van der Waals surface area contributed by atoms with Crippen LogP contribution in [0, 0.1) is 17.0 Å². The number of pyridine rings is 1. The number of carbonyl (C=O) groups is 2. The molecule has 0 aliphatic rings. The van der Waals surface area contributed by atoms with Crippen LogP contribution in [0.15, 0.2) is 85.1 Å². The summed E-state index contributed by atoms with van der Waals surface area (Å²) < 4.78 is 67.4. The molecule has 0 aliphatic heterocycles. The molecule has 1 atom stereocenters. The van der Waals surface area contributed by atoms with E-state index in [0.29, 0.717) is 28.7 Å². The van der Waals surface area contributed by atoms with Crippen molar-refractivity contribution in [3.05, 3.63) is 119 Å². The molecule has 0 fully saturated rings. The van der Waals surface area contributed by atoms with Crippen LogP contribution in [0.5, 0.6) is 0 Å². The van der Waals surface area contributed by atoms with Crippen LogP contribution in [-0.4, -0.2) is 35.6 Å². The molecule has 210 valence electrons. The number of carbonyl (C=O) groups excluding carboxylic acids is 2. The molecule has 1 unspecified atom stereocenters. The third-order valence-corrected chi connectivity index (χ3v) is 6.19. The lowest BCUT2D eigenvalue weighted by Gasteiger charge is -2.22. The Hall–Kier alpha value is -4.93. The van der Waals surface area contributed by atoms with Crippen molar-refractivity contribution in [3.8, 4) is 11.1 Å². The number of nitrogens with one attached hydrogen (secondary N) is 3. The zero-order chi connectivity index (χ0) is 29.6. The number of para-hydroxylation sites is 1. The topological polar surface area (TPSA) is 94.9 Å². The van der Waals surface area contributed by atoms with Gasteiger partial charge < -0.3 is 10.6 Å². The highest BCUT2D eigenvalue weighted by molar-refractivity contribution is 6.06. The number of aldehydes is 1. The first-order valence-corrected chi connectivity index (χ1v) is 12.3. The number of halogens is 5. The van der Waals surface area contributed by atoms with E-state index in [4.69, 9.17) is 5.41 Å². The lowest BCUT2D eigenvalue weighted by Crippen LogP contribution is -2.35. The van der Waals surface area contributed by atoms with Crippen LogP contribution < -0.4 is 10.6 Å². The fraction of sp³-hybridized carbons (Fsp3) is 0.133. The van der Waals surface area contributed by atoms with Gasteiger partial charge >= 0.3 is 6.18 Å². The largest absolute Gasteiger partial charge is 0.433 e. The van der Waals surface area contributed by atoms with Gasteiger partial charge in [-0.2, -0.15) is 13.2 Å². The molecular weight excluding hydrogens is 543 g/mol. The molecule has 0 saturated carbocycles. The monoisotopic (exact) mass is 566 g/mol. The van der Waals surface area contributed by atoms with Gasteiger partial charge in [0.15, 0.2) is 6.29 Å². The molecule has 0 saturated heterocycles. The molecule has 3 N–H and O–H groups in total. The van der Waals surface area contributed by atoms with Crippen LogP contribution in [-0.2, 0) is 11.2 Å². The summed E-state index contributed by atoms with van der Waals surface area (Å²) in [5.41, 5.74) is -0.407. The maximum Gasteiger partial charge on any atom is 0.433 e. The highest BCUT2D eigenvalue weighted by atomic mass is 19.4. The minimum Gasteiger partial charge on any atom is -0.376 e. The quantitative estimate of drug-likeness (QED) is 0.120. The fourth-order valence-electron chi connectivity index (χ4n) is 4.29. The molecular formula is C30H23F5N4O2. The molecule has 41 heavy (non-hydrogen) atoms. The number of hydrogen-bond donors (Lipinski definition) is 3. The summed E-state index contributed by atoms with van der Waals surface area (Å²) in [6.45, 7) is -0.449. The van der Waals surface area contributed by atoms with Gasteiger partial charge in [-0.3, -0.25) is 20.0 Å². The first-order chi connectivity index (χ1) is 19.6. The van der Waals surface area contributed by atoms with Gasteiger partial charge in [-0.1, -0.05) is 42.5 Å². The van der Waals surface area contributed by atoms with E-state index in [0.717, 1.165) is 12.1 Å². The Balaban J connectivity index is 1.64. The fourth-order valence-corrected chi connectivity index (χ4v) is 4.29. The van der Waals surface area contributed by atoms with Crippen LogP contribution in [0.4, 0.5) is 27.6 Å². The second-order valence-corrected chi connectivity index (χ2v) is 9.02. The number of nitrogens with zero attached hydrogens (tertiary/aromatic N) is 1. The maximum atomic E-state index is 14.0. The summed E-state index contributed by atoms with van der Waals surface area (Å²) in [6, 6.07) is 17.4. The van der Waals surface area contributed by atoms with Gasteiger partial charge in [0.1, 0.15) is 17.3 Å². The zero-order valence-electron chi connectivity index (χ0n) is 21.3. The Kier molecular flexibility index (Phi) is 8.86. The van der Waals surface area contributed by atoms with Crippen molar-refractivity contribution in [3.63, 3.8) is 0 Å². The van der Waals surface area contributed by atoms with Crippen LogP contribution in [0.1, 0.15) is 33.2 Å². The minimum atomic E-state index is -4.88. The van der Waals surface area contributed by atoms with Crippen LogP contribution in [0.2, 0.25) is 0 Å². The summed E-state index contributed by atoms with van der Waals surface area (Å²) in [5.74, 6) is -1.82. The van der Waals surface area contributed by atoms with Crippen LogP contribution in [0.3, 0.4) is 0 Å². The number of anilines is 1. The number of hydrogen-bond acceptors (Lipinski definition) is 5. The predicted octanol–water partition coefficient (Wildman–Crippen LogP) is 6.28. The Labute approximate surface area is 231 Å². The van der Waals surface area contributed by atoms with Gasteiger partial charge in [0.25, 0.3) is 0 Å². The van der Waals surface area contributed by atoms with E-state index >= 15 is 0 Å². The van der Waals surface area contributed by atoms with Crippen molar-refractivity contribution in [2.75, 3.05) is 11.9 Å². The smallest absolute Gasteiger partial charge is 0.376 e. The standard InChI is InChI=1S/C30H23F5N4O2/c31-21-6-3-5-18(13-21)14-26(28-22(8-4-12-37-28)19-10-11-24(32)20(15-19)17-40)39-27(41)16-38-25-9-2-1-7-23(25)29(36)30(33,34)35/h1-13,15,17,26,36,38H,14,16H2,(H,39,41). The van der Waals surface area contributed by atoms with Crippen molar-refractivity contribution >= 4 is 23.6 Å². The maximum absolute atomic E-state index is 14.0. The van der Waals surface area contributed by atoms with E-state index in [9.17, 15) is 31.5 Å². The van der Waals surface area contributed by atoms with E-state index in [-0.39, 0.29) is 17.7 Å². The highest BCUT2D eigenvalue weighted by Gasteiger charge is 2.36. The summed E-state index contributed by atoms with van der Waals surface area (Å²) in [5, 5.41) is 12.9. The first-order valence-electron chi connectivity index (χ1n) is 12.3. The van der Waals surface area contributed by atoms with Gasteiger partial charge in [0.2, 0.25) is 5.91 Å². The molecule has 0 bridgehead atoms. The first kappa shape index (κ1) is 29.1.